The van der Waals surface area contributed by atoms with Gasteiger partial charge in [-0.15, -0.1) is 0 Å². The fourth-order valence-corrected chi connectivity index (χ4v) is 4.57. The molecule has 2 atom stereocenters. The SMILES string of the molecule is CC[C@H](C(=O)N[C@@H](C)c1cc(OC)ccc1OC)N(c1cccc([N+](=O)[O-])c1)S(C)(=O)=O. The van der Waals surface area contributed by atoms with Gasteiger partial charge in [-0.2, -0.15) is 0 Å². The van der Waals surface area contributed by atoms with Crippen LogP contribution in [-0.2, 0) is 14.8 Å². The van der Waals surface area contributed by atoms with E-state index in [2.05, 4.69) is 5.32 Å². The summed E-state index contributed by atoms with van der Waals surface area (Å²) in [5.41, 5.74) is 0.410. The van der Waals surface area contributed by atoms with Gasteiger partial charge in [-0.1, -0.05) is 13.0 Å². The van der Waals surface area contributed by atoms with Gasteiger partial charge in [0.1, 0.15) is 17.5 Å². The Labute approximate surface area is 187 Å². The molecule has 1 amide bonds. The maximum Gasteiger partial charge on any atom is 0.271 e. The Morgan fingerprint density at radius 2 is 1.88 bits per heavy atom. The average molecular weight is 466 g/mol. The molecule has 0 bridgehead atoms. The van der Waals surface area contributed by atoms with Crippen LogP contribution in [0.4, 0.5) is 11.4 Å². The number of sulfonamides is 1. The Hall–Kier alpha value is -3.34. The summed E-state index contributed by atoms with van der Waals surface area (Å²) >= 11 is 0. The number of nitrogens with one attached hydrogen (secondary N) is 1. The van der Waals surface area contributed by atoms with Crippen molar-refractivity contribution in [3.8, 4) is 11.5 Å². The highest BCUT2D eigenvalue weighted by Crippen LogP contribution is 2.30. The zero-order valence-electron chi connectivity index (χ0n) is 18.6. The Kier molecular flexibility index (Phi) is 8.03. The zero-order valence-corrected chi connectivity index (χ0v) is 19.4. The van der Waals surface area contributed by atoms with Crippen molar-refractivity contribution < 1.29 is 27.6 Å². The van der Waals surface area contributed by atoms with Crippen LogP contribution in [0.1, 0.15) is 31.9 Å². The lowest BCUT2D eigenvalue weighted by molar-refractivity contribution is -0.384. The summed E-state index contributed by atoms with van der Waals surface area (Å²) in [7, 11) is -0.914. The molecule has 10 nitrogen and oxygen atoms in total. The van der Waals surface area contributed by atoms with E-state index in [1.54, 1.807) is 32.0 Å². The van der Waals surface area contributed by atoms with Crippen LogP contribution < -0.4 is 19.1 Å². The number of nitro benzene ring substituents is 1. The predicted octanol–water partition coefficient (Wildman–Crippen LogP) is 3.03. The molecule has 0 spiro atoms. The van der Waals surface area contributed by atoms with Crippen LogP contribution in [0.3, 0.4) is 0 Å². The van der Waals surface area contributed by atoms with Gasteiger partial charge < -0.3 is 14.8 Å². The molecular formula is C21H27N3O7S. The Morgan fingerprint density at radius 3 is 2.41 bits per heavy atom. The van der Waals surface area contributed by atoms with Gasteiger partial charge in [0.15, 0.2) is 0 Å². The van der Waals surface area contributed by atoms with Crippen LogP contribution in [0.15, 0.2) is 42.5 Å². The van der Waals surface area contributed by atoms with Crippen molar-refractivity contribution in [3.63, 3.8) is 0 Å². The zero-order chi connectivity index (χ0) is 24.1. The first kappa shape index (κ1) is 24.9. The Bertz CT molecular complexity index is 1090. The fraction of sp³-hybridized carbons (Fsp3) is 0.381. The summed E-state index contributed by atoms with van der Waals surface area (Å²) in [5.74, 6) is 0.551. The number of nitrogens with zero attached hydrogens (tertiary/aromatic N) is 2. The third kappa shape index (κ3) is 5.67. The van der Waals surface area contributed by atoms with E-state index >= 15 is 0 Å². The molecule has 0 heterocycles. The van der Waals surface area contributed by atoms with Crippen molar-refractivity contribution in [2.24, 2.45) is 0 Å². The number of ether oxygens (including phenoxy) is 2. The smallest absolute Gasteiger partial charge is 0.271 e. The number of nitro groups is 1. The first-order valence-electron chi connectivity index (χ1n) is 9.79. The number of methoxy groups -OCH3 is 2. The highest BCUT2D eigenvalue weighted by Gasteiger charge is 2.33. The molecule has 0 aromatic heterocycles. The predicted molar refractivity (Wildman–Crippen MR) is 121 cm³/mol. The number of carbonyl (C=O) groups excluding carboxylic acids is 1. The van der Waals surface area contributed by atoms with Crippen molar-refractivity contribution in [1.82, 2.24) is 5.32 Å². The van der Waals surface area contributed by atoms with Gasteiger partial charge in [0.25, 0.3) is 5.69 Å². The van der Waals surface area contributed by atoms with E-state index in [1.165, 1.54) is 32.4 Å². The number of hydrogen-bond donors (Lipinski definition) is 1. The lowest BCUT2D eigenvalue weighted by Gasteiger charge is -2.31. The topological polar surface area (TPSA) is 128 Å². The van der Waals surface area contributed by atoms with E-state index in [-0.39, 0.29) is 17.8 Å². The number of carbonyl (C=O) groups is 1. The minimum atomic E-state index is -3.94. The summed E-state index contributed by atoms with van der Waals surface area (Å²) in [6.07, 6.45) is 1.10. The van der Waals surface area contributed by atoms with E-state index in [4.69, 9.17) is 9.47 Å². The second-order valence-corrected chi connectivity index (χ2v) is 8.96. The summed E-state index contributed by atoms with van der Waals surface area (Å²) in [6.45, 7) is 3.40. The molecule has 0 aliphatic rings. The highest BCUT2D eigenvalue weighted by atomic mass is 32.2. The van der Waals surface area contributed by atoms with Crippen LogP contribution in [0.2, 0.25) is 0 Å². The van der Waals surface area contributed by atoms with Crippen molar-refractivity contribution in [2.75, 3.05) is 24.8 Å². The van der Waals surface area contributed by atoms with E-state index in [1.807, 2.05) is 0 Å². The maximum atomic E-state index is 13.2. The van der Waals surface area contributed by atoms with Crippen LogP contribution in [0.25, 0.3) is 0 Å². The maximum absolute atomic E-state index is 13.2. The summed E-state index contributed by atoms with van der Waals surface area (Å²) in [4.78, 5) is 23.7. The number of benzene rings is 2. The molecule has 0 fully saturated rings. The van der Waals surface area contributed by atoms with Gasteiger partial charge in [0.2, 0.25) is 15.9 Å². The van der Waals surface area contributed by atoms with Gasteiger partial charge in [-0.25, -0.2) is 8.42 Å². The second-order valence-electron chi connectivity index (χ2n) is 7.10. The largest absolute Gasteiger partial charge is 0.497 e. The van der Waals surface area contributed by atoms with E-state index in [9.17, 15) is 23.3 Å². The minimum Gasteiger partial charge on any atom is -0.497 e. The van der Waals surface area contributed by atoms with Crippen LogP contribution >= 0.6 is 0 Å². The molecule has 0 unspecified atom stereocenters. The Morgan fingerprint density at radius 1 is 1.19 bits per heavy atom. The van der Waals surface area contributed by atoms with Crippen LogP contribution in [0.5, 0.6) is 11.5 Å². The second kappa shape index (κ2) is 10.3. The van der Waals surface area contributed by atoms with Gasteiger partial charge in [0, 0.05) is 17.7 Å². The molecule has 1 N–H and O–H groups in total. The summed E-state index contributed by atoms with van der Waals surface area (Å²) in [5, 5.41) is 14.0. The molecule has 0 aliphatic heterocycles. The van der Waals surface area contributed by atoms with Crippen molar-refractivity contribution in [1.29, 1.82) is 0 Å². The van der Waals surface area contributed by atoms with Crippen molar-refractivity contribution >= 4 is 27.3 Å². The summed E-state index contributed by atoms with van der Waals surface area (Å²) < 4.78 is 36.7. The first-order valence-corrected chi connectivity index (χ1v) is 11.6. The highest BCUT2D eigenvalue weighted by molar-refractivity contribution is 7.92. The monoisotopic (exact) mass is 465 g/mol. The molecule has 2 rings (SSSR count). The molecule has 0 aliphatic carbocycles. The average Bonchev–Trinajstić information content (AvgIpc) is 2.75. The standard InChI is InChI=1S/C21H27N3O7S/c1-6-19(23(32(5,28)29)15-8-7-9-16(12-15)24(26)27)21(25)22-14(2)18-13-17(30-3)10-11-20(18)31-4/h7-14,19H,6H2,1-5H3,(H,22,25)/t14-,19+/m0/s1. The van der Waals surface area contributed by atoms with Gasteiger partial charge in [-0.3, -0.25) is 19.2 Å². The normalized spacial score (nSPS) is 13.0. The van der Waals surface area contributed by atoms with E-state index in [0.29, 0.717) is 17.1 Å². The fourth-order valence-electron chi connectivity index (χ4n) is 3.37. The van der Waals surface area contributed by atoms with Crippen LogP contribution in [-0.4, -0.2) is 45.8 Å². The summed E-state index contributed by atoms with van der Waals surface area (Å²) in [6, 6.07) is 8.67. The quantitative estimate of drug-likeness (QED) is 0.422. The molecule has 2 aromatic carbocycles. The van der Waals surface area contributed by atoms with Crippen molar-refractivity contribution in [3.05, 3.63) is 58.1 Å². The number of non-ortho nitro benzene ring substituents is 1. The van der Waals surface area contributed by atoms with Crippen LogP contribution in [0, 0.1) is 10.1 Å². The molecule has 11 heteroatoms. The lowest BCUT2D eigenvalue weighted by Crippen LogP contribution is -2.49. The van der Waals surface area contributed by atoms with Gasteiger partial charge in [0.05, 0.1) is 37.1 Å². The Balaban J connectivity index is 2.41. The first-order chi connectivity index (χ1) is 15.0. The number of anilines is 1. The third-order valence-electron chi connectivity index (χ3n) is 4.89. The molecule has 32 heavy (non-hydrogen) atoms. The molecule has 0 saturated carbocycles. The third-order valence-corrected chi connectivity index (χ3v) is 6.07. The number of rotatable bonds is 10. The molecule has 0 saturated heterocycles. The van der Waals surface area contributed by atoms with Crippen molar-refractivity contribution in [2.45, 2.75) is 32.4 Å². The number of hydrogen-bond acceptors (Lipinski definition) is 7. The molecule has 2 aromatic rings. The minimum absolute atomic E-state index is 0.0373. The lowest BCUT2D eigenvalue weighted by atomic mass is 10.1. The molecular weight excluding hydrogens is 438 g/mol. The van der Waals surface area contributed by atoms with E-state index < -0.39 is 32.9 Å². The van der Waals surface area contributed by atoms with Gasteiger partial charge in [-0.05, 0) is 37.6 Å². The van der Waals surface area contributed by atoms with Gasteiger partial charge >= 0.3 is 0 Å². The molecule has 174 valence electrons. The van der Waals surface area contributed by atoms with E-state index in [0.717, 1.165) is 16.6 Å². The number of amides is 1. The molecule has 0 radical (unpaired) electrons.